The Morgan fingerprint density at radius 2 is 1.90 bits per heavy atom. The first-order valence-corrected chi connectivity index (χ1v) is 9.38. The second-order valence-corrected chi connectivity index (χ2v) is 7.76. The maximum atomic E-state index is 12.3. The van der Waals surface area contributed by atoms with Crippen molar-refractivity contribution < 1.29 is 13.2 Å². The Hall–Kier alpha value is -1.07. The van der Waals surface area contributed by atoms with Gasteiger partial charge in [-0.3, -0.25) is 4.79 Å². The second kappa shape index (κ2) is 7.27. The van der Waals surface area contributed by atoms with Crippen LogP contribution < -0.4 is 5.32 Å². The summed E-state index contributed by atoms with van der Waals surface area (Å²) < 4.78 is 23.2. The lowest BCUT2D eigenvalue weighted by Crippen LogP contribution is -2.34. The number of amides is 1. The number of aryl methyl sites for hydroxylation is 1. The summed E-state index contributed by atoms with van der Waals surface area (Å²) in [4.78, 5) is 12.3. The van der Waals surface area contributed by atoms with E-state index in [4.69, 9.17) is 10.7 Å². The summed E-state index contributed by atoms with van der Waals surface area (Å²) in [5.41, 5.74) is 1.62. The fraction of sp³-hybridized carbons (Fsp3) is 0.533. The summed E-state index contributed by atoms with van der Waals surface area (Å²) in [6.45, 7) is 7.51. The van der Waals surface area contributed by atoms with Crippen LogP contribution in [-0.2, 0) is 9.05 Å². The third-order valence-electron chi connectivity index (χ3n) is 3.61. The molecule has 118 valence electrons. The number of hydrogen-bond acceptors (Lipinski definition) is 3. The number of halogens is 1. The Bertz CT molecular complexity index is 626. The molecule has 4 nitrogen and oxygen atoms in total. The molecule has 0 bridgehead atoms. The molecule has 1 aromatic carbocycles. The predicted octanol–water partition coefficient (Wildman–Crippen LogP) is 3.54. The van der Waals surface area contributed by atoms with Gasteiger partial charge in [0, 0.05) is 22.3 Å². The fourth-order valence-corrected chi connectivity index (χ4v) is 3.48. The van der Waals surface area contributed by atoms with Gasteiger partial charge in [-0.2, -0.15) is 0 Å². The lowest BCUT2D eigenvalue weighted by atomic mass is 10.0. The average molecular weight is 332 g/mol. The Labute approximate surface area is 131 Å². The molecule has 1 aromatic rings. The van der Waals surface area contributed by atoms with Gasteiger partial charge in [0.2, 0.25) is 0 Å². The van der Waals surface area contributed by atoms with Gasteiger partial charge in [-0.15, -0.1) is 0 Å². The molecule has 0 radical (unpaired) electrons. The highest BCUT2D eigenvalue weighted by molar-refractivity contribution is 8.13. The van der Waals surface area contributed by atoms with Gasteiger partial charge in [-0.05, 0) is 49.9 Å². The van der Waals surface area contributed by atoms with Gasteiger partial charge in [0.05, 0.1) is 4.90 Å². The van der Waals surface area contributed by atoms with Crippen LogP contribution in [0.3, 0.4) is 0 Å². The standard InChI is InChI=1S/C15H22ClNO3S/c1-5-7-13(6-2)17-15(18)12-8-10(3)11(4)14(9-12)21(16,19)20/h8-9,13H,5-7H2,1-4H3,(H,17,18). The van der Waals surface area contributed by atoms with E-state index >= 15 is 0 Å². The normalized spacial score (nSPS) is 13.0. The van der Waals surface area contributed by atoms with Crippen molar-refractivity contribution in [3.8, 4) is 0 Å². The van der Waals surface area contributed by atoms with E-state index in [0.29, 0.717) is 11.1 Å². The van der Waals surface area contributed by atoms with Crippen LogP contribution in [0.15, 0.2) is 17.0 Å². The van der Waals surface area contributed by atoms with Crippen molar-refractivity contribution >= 4 is 25.6 Å². The van der Waals surface area contributed by atoms with Crippen LogP contribution >= 0.6 is 10.7 Å². The molecule has 0 saturated heterocycles. The molecule has 21 heavy (non-hydrogen) atoms. The Morgan fingerprint density at radius 3 is 2.38 bits per heavy atom. The van der Waals surface area contributed by atoms with Crippen molar-refractivity contribution in [2.75, 3.05) is 0 Å². The van der Waals surface area contributed by atoms with Gasteiger partial charge < -0.3 is 5.32 Å². The number of carbonyl (C=O) groups is 1. The van der Waals surface area contributed by atoms with E-state index in [1.165, 1.54) is 6.07 Å². The van der Waals surface area contributed by atoms with Crippen molar-refractivity contribution in [2.45, 2.75) is 57.9 Å². The maximum Gasteiger partial charge on any atom is 0.261 e. The van der Waals surface area contributed by atoms with E-state index in [-0.39, 0.29) is 16.8 Å². The van der Waals surface area contributed by atoms with Crippen LogP contribution in [0.5, 0.6) is 0 Å². The third kappa shape index (κ3) is 4.71. The summed E-state index contributed by atoms with van der Waals surface area (Å²) in [5.74, 6) is -0.264. The molecule has 1 amide bonds. The molecule has 0 aromatic heterocycles. The number of carbonyl (C=O) groups excluding carboxylic acids is 1. The molecule has 6 heteroatoms. The molecule has 0 spiro atoms. The van der Waals surface area contributed by atoms with Crippen molar-refractivity contribution in [1.82, 2.24) is 5.32 Å². The zero-order valence-electron chi connectivity index (χ0n) is 12.9. The van der Waals surface area contributed by atoms with Gasteiger partial charge in [0.25, 0.3) is 15.0 Å². The zero-order chi connectivity index (χ0) is 16.2. The summed E-state index contributed by atoms with van der Waals surface area (Å²) in [6.07, 6.45) is 2.71. The first-order chi connectivity index (χ1) is 9.70. The van der Waals surface area contributed by atoms with E-state index in [0.717, 1.165) is 24.8 Å². The van der Waals surface area contributed by atoms with Gasteiger partial charge in [0.1, 0.15) is 0 Å². The fourth-order valence-electron chi connectivity index (χ4n) is 2.21. The summed E-state index contributed by atoms with van der Waals surface area (Å²) in [5, 5.41) is 2.93. The van der Waals surface area contributed by atoms with E-state index < -0.39 is 9.05 Å². The van der Waals surface area contributed by atoms with E-state index in [9.17, 15) is 13.2 Å². The zero-order valence-corrected chi connectivity index (χ0v) is 14.4. The van der Waals surface area contributed by atoms with E-state index in [1.807, 2.05) is 6.92 Å². The van der Waals surface area contributed by atoms with Gasteiger partial charge >= 0.3 is 0 Å². The van der Waals surface area contributed by atoms with E-state index in [2.05, 4.69) is 12.2 Å². The summed E-state index contributed by atoms with van der Waals surface area (Å²) >= 11 is 0. The number of nitrogens with one attached hydrogen (secondary N) is 1. The predicted molar refractivity (Wildman–Crippen MR) is 85.4 cm³/mol. The van der Waals surface area contributed by atoms with Crippen LogP contribution in [0, 0.1) is 13.8 Å². The van der Waals surface area contributed by atoms with Crippen molar-refractivity contribution in [1.29, 1.82) is 0 Å². The van der Waals surface area contributed by atoms with Crippen molar-refractivity contribution in [3.05, 3.63) is 28.8 Å². The number of hydrogen-bond donors (Lipinski definition) is 1. The third-order valence-corrected chi connectivity index (χ3v) is 5.06. The minimum atomic E-state index is -3.86. The molecule has 1 atom stereocenters. The monoisotopic (exact) mass is 331 g/mol. The molecular weight excluding hydrogens is 310 g/mol. The first kappa shape index (κ1) is 18.0. The second-order valence-electron chi connectivity index (χ2n) is 5.22. The minimum Gasteiger partial charge on any atom is -0.349 e. The quantitative estimate of drug-likeness (QED) is 0.811. The minimum absolute atomic E-state index is 0.00198. The largest absolute Gasteiger partial charge is 0.349 e. The van der Waals surface area contributed by atoms with Gasteiger partial charge in [0.15, 0.2) is 0 Å². The molecule has 0 saturated carbocycles. The molecule has 0 aliphatic rings. The first-order valence-electron chi connectivity index (χ1n) is 7.07. The molecule has 0 aliphatic heterocycles. The topological polar surface area (TPSA) is 63.2 Å². The SMILES string of the molecule is CCCC(CC)NC(=O)c1cc(C)c(C)c(S(=O)(=O)Cl)c1. The molecule has 0 aliphatic carbocycles. The average Bonchev–Trinajstić information content (AvgIpc) is 2.39. The molecule has 1 N–H and O–H groups in total. The van der Waals surface area contributed by atoms with Crippen LogP contribution in [0.4, 0.5) is 0 Å². The molecule has 1 rings (SSSR count). The van der Waals surface area contributed by atoms with E-state index in [1.54, 1.807) is 19.9 Å². The van der Waals surface area contributed by atoms with Crippen LogP contribution in [0.25, 0.3) is 0 Å². The highest BCUT2D eigenvalue weighted by Crippen LogP contribution is 2.24. The number of benzene rings is 1. The van der Waals surface area contributed by atoms with Crippen molar-refractivity contribution in [2.24, 2.45) is 0 Å². The lowest BCUT2D eigenvalue weighted by Gasteiger charge is -2.17. The smallest absolute Gasteiger partial charge is 0.261 e. The van der Waals surface area contributed by atoms with Crippen LogP contribution in [0.2, 0.25) is 0 Å². The van der Waals surface area contributed by atoms with Gasteiger partial charge in [-0.1, -0.05) is 20.3 Å². The Kier molecular flexibility index (Phi) is 6.23. The van der Waals surface area contributed by atoms with Gasteiger partial charge in [-0.25, -0.2) is 8.42 Å². The Balaban J connectivity index is 3.14. The summed E-state index contributed by atoms with van der Waals surface area (Å²) in [7, 11) is 1.57. The number of rotatable bonds is 6. The molecule has 1 unspecified atom stereocenters. The maximum absolute atomic E-state index is 12.3. The summed E-state index contributed by atoms with van der Waals surface area (Å²) in [6, 6.07) is 3.13. The lowest BCUT2D eigenvalue weighted by molar-refractivity contribution is 0.0933. The Morgan fingerprint density at radius 1 is 1.29 bits per heavy atom. The van der Waals surface area contributed by atoms with Crippen LogP contribution in [0.1, 0.15) is 54.6 Å². The van der Waals surface area contributed by atoms with Crippen molar-refractivity contribution in [3.63, 3.8) is 0 Å². The van der Waals surface area contributed by atoms with Crippen LogP contribution in [-0.4, -0.2) is 20.4 Å². The molecule has 0 fully saturated rings. The highest BCUT2D eigenvalue weighted by Gasteiger charge is 2.19. The highest BCUT2D eigenvalue weighted by atomic mass is 35.7. The molecular formula is C15H22ClNO3S. The molecule has 0 heterocycles.